The van der Waals surface area contributed by atoms with Crippen molar-refractivity contribution in [2.75, 3.05) is 17.2 Å². The molecule has 0 saturated carbocycles. The summed E-state index contributed by atoms with van der Waals surface area (Å²) in [5, 5.41) is 2.60. The number of rotatable bonds is 2. The van der Waals surface area contributed by atoms with Gasteiger partial charge in [0.05, 0.1) is 23.9 Å². The Labute approximate surface area is 98.4 Å². The van der Waals surface area contributed by atoms with Crippen LogP contribution in [0.2, 0.25) is 0 Å². The summed E-state index contributed by atoms with van der Waals surface area (Å²) in [5.74, 6) is -0.210. The van der Waals surface area contributed by atoms with Crippen LogP contribution in [0.25, 0.3) is 0 Å². The lowest BCUT2D eigenvalue weighted by Gasteiger charge is -2.09. The molecule has 0 aliphatic carbocycles. The highest BCUT2D eigenvalue weighted by atomic mass is 32.2. The fraction of sp³-hybridized carbons (Fsp3) is 0.444. The minimum Gasteiger partial charge on any atom is -0.382 e. The molecule has 2 heterocycles. The summed E-state index contributed by atoms with van der Waals surface area (Å²) in [6.45, 7) is 0. The monoisotopic (exact) mass is 256 g/mol. The van der Waals surface area contributed by atoms with Crippen LogP contribution in [0.5, 0.6) is 0 Å². The summed E-state index contributed by atoms with van der Waals surface area (Å²) in [6, 6.07) is -0.351. The molecule has 1 amide bonds. The van der Waals surface area contributed by atoms with Crippen LogP contribution in [0.1, 0.15) is 16.9 Å². The van der Waals surface area contributed by atoms with Gasteiger partial charge in [-0.2, -0.15) is 0 Å². The number of hydrogen-bond acceptors (Lipinski definition) is 6. The van der Waals surface area contributed by atoms with Crippen LogP contribution < -0.4 is 11.1 Å². The van der Waals surface area contributed by atoms with Gasteiger partial charge in [0.25, 0.3) is 5.91 Å². The van der Waals surface area contributed by atoms with E-state index in [-0.39, 0.29) is 29.1 Å². The fourth-order valence-corrected chi connectivity index (χ4v) is 3.33. The van der Waals surface area contributed by atoms with Crippen molar-refractivity contribution >= 4 is 21.6 Å². The molecule has 0 radical (unpaired) electrons. The molecule has 1 unspecified atom stereocenters. The van der Waals surface area contributed by atoms with Gasteiger partial charge in [0.1, 0.15) is 11.5 Å². The molecule has 7 nitrogen and oxygen atoms in total. The number of hydrogen-bond donors (Lipinski definition) is 2. The highest BCUT2D eigenvalue weighted by molar-refractivity contribution is 7.91. The Morgan fingerprint density at radius 1 is 1.47 bits per heavy atom. The molecule has 0 aromatic carbocycles. The molecule has 8 heteroatoms. The third kappa shape index (κ3) is 2.90. The first-order chi connectivity index (χ1) is 7.96. The molecule has 3 N–H and O–H groups in total. The van der Waals surface area contributed by atoms with E-state index in [2.05, 4.69) is 15.3 Å². The standard InChI is InChI=1S/C9H12N4O3S/c10-8-4-11-3-7(13-8)9(14)12-6-1-2-17(15,16)5-6/h3-4,6H,1-2,5H2,(H2,10,13)(H,12,14). The summed E-state index contributed by atoms with van der Waals surface area (Å²) in [7, 11) is -3.01. The Morgan fingerprint density at radius 2 is 2.24 bits per heavy atom. The molecule has 1 aliphatic heterocycles. The largest absolute Gasteiger partial charge is 0.382 e. The SMILES string of the molecule is Nc1cncc(C(=O)NC2CCS(=O)(=O)C2)n1. The van der Waals surface area contributed by atoms with Gasteiger partial charge in [0, 0.05) is 6.04 Å². The fourth-order valence-electron chi connectivity index (χ4n) is 1.66. The molecule has 1 aromatic rings. The molecule has 1 aliphatic rings. The number of anilines is 1. The maximum atomic E-state index is 11.7. The summed E-state index contributed by atoms with van der Waals surface area (Å²) >= 11 is 0. The zero-order valence-corrected chi connectivity index (χ0v) is 9.77. The third-order valence-corrected chi connectivity index (χ3v) is 4.22. The molecule has 0 spiro atoms. The van der Waals surface area contributed by atoms with E-state index < -0.39 is 15.7 Å². The number of carbonyl (C=O) groups is 1. The average molecular weight is 256 g/mol. The Kier molecular flexibility index (Phi) is 2.97. The highest BCUT2D eigenvalue weighted by Gasteiger charge is 2.29. The normalized spacial score (nSPS) is 22.2. The Bertz CT molecular complexity index is 543. The number of carbonyl (C=O) groups excluding carboxylic acids is 1. The summed E-state index contributed by atoms with van der Waals surface area (Å²) < 4.78 is 22.4. The lowest BCUT2D eigenvalue weighted by atomic mass is 10.2. The topological polar surface area (TPSA) is 115 Å². The molecular formula is C9H12N4O3S. The van der Waals surface area contributed by atoms with E-state index >= 15 is 0 Å². The zero-order chi connectivity index (χ0) is 12.5. The van der Waals surface area contributed by atoms with Crippen molar-refractivity contribution < 1.29 is 13.2 Å². The number of nitrogens with two attached hydrogens (primary N) is 1. The van der Waals surface area contributed by atoms with E-state index in [1.807, 2.05) is 0 Å². The van der Waals surface area contributed by atoms with Crippen LogP contribution in [0.4, 0.5) is 5.82 Å². The second-order valence-corrected chi connectivity index (χ2v) is 6.13. The lowest BCUT2D eigenvalue weighted by Crippen LogP contribution is -2.36. The molecule has 1 fully saturated rings. The van der Waals surface area contributed by atoms with Crippen LogP contribution in [0.15, 0.2) is 12.4 Å². The van der Waals surface area contributed by atoms with Gasteiger partial charge in [-0.05, 0) is 6.42 Å². The second kappa shape index (κ2) is 4.28. The molecule has 1 aromatic heterocycles. The first kappa shape index (κ1) is 11.8. The predicted octanol–water partition coefficient (Wildman–Crippen LogP) is -1.02. The van der Waals surface area contributed by atoms with Crippen LogP contribution in [0.3, 0.4) is 0 Å². The zero-order valence-electron chi connectivity index (χ0n) is 8.96. The molecule has 17 heavy (non-hydrogen) atoms. The van der Waals surface area contributed by atoms with Crippen molar-refractivity contribution in [1.29, 1.82) is 0 Å². The summed E-state index contributed by atoms with van der Waals surface area (Å²) in [5.41, 5.74) is 5.49. The van der Waals surface area contributed by atoms with Crippen molar-refractivity contribution in [1.82, 2.24) is 15.3 Å². The van der Waals surface area contributed by atoms with Crippen molar-refractivity contribution in [2.45, 2.75) is 12.5 Å². The smallest absolute Gasteiger partial charge is 0.271 e. The van der Waals surface area contributed by atoms with Crippen LogP contribution in [0, 0.1) is 0 Å². The number of aromatic nitrogens is 2. The number of nitrogens with zero attached hydrogens (tertiary/aromatic N) is 2. The number of amides is 1. The average Bonchev–Trinajstić information content (AvgIpc) is 2.58. The molecule has 1 saturated heterocycles. The molecule has 1 atom stereocenters. The van der Waals surface area contributed by atoms with Gasteiger partial charge in [0.15, 0.2) is 9.84 Å². The number of sulfone groups is 1. The van der Waals surface area contributed by atoms with E-state index in [0.717, 1.165) is 0 Å². The second-order valence-electron chi connectivity index (χ2n) is 3.90. The minimum absolute atomic E-state index is 0.0194. The highest BCUT2D eigenvalue weighted by Crippen LogP contribution is 2.11. The van der Waals surface area contributed by atoms with Gasteiger partial charge in [-0.15, -0.1) is 0 Å². The first-order valence-corrected chi connectivity index (χ1v) is 6.87. The number of nitrogens with one attached hydrogen (secondary N) is 1. The number of nitrogen functional groups attached to an aromatic ring is 1. The quantitative estimate of drug-likeness (QED) is 0.699. The van der Waals surface area contributed by atoms with Gasteiger partial charge < -0.3 is 11.1 Å². The summed E-state index contributed by atoms with van der Waals surface area (Å²) in [4.78, 5) is 19.2. The van der Waals surface area contributed by atoms with E-state index in [1.165, 1.54) is 12.4 Å². The van der Waals surface area contributed by atoms with Crippen molar-refractivity contribution in [2.24, 2.45) is 0 Å². The maximum absolute atomic E-state index is 11.7. The minimum atomic E-state index is -3.01. The Hall–Kier alpha value is -1.70. The Balaban J connectivity index is 2.03. The predicted molar refractivity (Wildman–Crippen MR) is 61.0 cm³/mol. The molecule has 0 bridgehead atoms. The van der Waals surface area contributed by atoms with Gasteiger partial charge in [0.2, 0.25) is 0 Å². The van der Waals surface area contributed by atoms with Crippen molar-refractivity contribution in [3.05, 3.63) is 18.1 Å². The maximum Gasteiger partial charge on any atom is 0.271 e. The van der Waals surface area contributed by atoms with Gasteiger partial charge in [-0.1, -0.05) is 0 Å². The van der Waals surface area contributed by atoms with Crippen LogP contribution >= 0.6 is 0 Å². The van der Waals surface area contributed by atoms with Crippen LogP contribution in [-0.4, -0.2) is 41.8 Å². The Morgan fingerprint density at radius 3 is 2.82 bits per heavy atom. The summed E-state index contributed by atoms with van der Waals surface area (Å²) in [6.07, 6.45) is 3.05. The molecule has 2 rings (SSSR count). The van der Waals surface area contributed by atoms with E-state index in [4.69, 9.17) is 5.73 Å². The molecular weight excluding hydrogens is 244 g/mol. The third-order valence-electron chi connectivity index (χ3n) is 2.45. The van der Waals surface area contributed by atoms with Crippen LogP contribution in [-0.2, 0) is 9.84 Å². The van der Waals surface area contributed by atoms with E-state index in [9.17, 15) is 13.2 Å². The lowest BCUT2D eigenvalue weighted by molar-refractivity contribution is 0.0936. The van der Waals surface area contributed by atoms with E-state index in [1.54, 1.807) is 0 Å². The molecule has 92 valence electrons. The first-order valence-electron chi connectivity index (χ1n) is 5.05. The van der Waals surface area contributed by atoms with Crippen molar-refractivity contribution in [3.63, 3.8) is 0 Å². The van der Waals surface area contributed by atoms with Gasteiger partial charge in [-0.3, -0.25) is 9.78 Å². The van der Waals surface area contributed by atoms with Gasteiger partial charge in [-0.25, -0.2) is 13.4 Å². The van der Waals surface area contributed by atoms with Gasteiger partial charge >= 0.3 is 0 Å². The van der Waals surface area contributed by atoms with Crippen molar-refractivity contribution in [3.8, 4) is 0 Å². The van der Waals surface area contributed by atoms with E-state index in [0.29, 0.717) is 6.42 Å².